The zero-order valence-electron chi connectivity index (χ0n) is 29.0. The number of fused-ring (bicyclic) bond motifs is 1. The number of anilines is 1. The molecule has 0 saturated carbocycles. The van der Waals surface area contributed by atoms with Gasteiger partial charge in [-0.25, -0.2) is 14.6 Å². The number of amides is 2. The van der Waals surface area contributed by atoms with E-state index < -0.39 is 64.2 Å². The van der Waals surface area contributed by atoms with Crippen molar-refractivity contribution in [2.24, 2.45) is 5.16 Å². The van der Waals surface area contributed by atoms with Crippen molar-refractivity contribution < 1.29 is 43.0 Å². The van der Waals surface area contributed by atoms with Crippen molar-refractivity contribution in [3.63, 3.8) is 0 Å². The topological polar surface area (TPSA) is 203 Å². The quantitative estimate of drug-likeness (QED) is 0.0293. The summed E-state index contributed by atoms with van der Waals surface area (Å²) in [6, 6.07) is 27.5. The van der Waals surface area contributed by atoms with E-state index in [1.807, 2.05) is 91.0 Å². The second-order valence-electron chi connectivity index (χ2n) is 12.2. The Labute approximate surface area is 337 Å². The molecule has 1 fully saturated rings. The van der Waals surface area contributed by atoms with Crippen LogP contribution in [0.2, 0.25) is 0 Å². The predicted octanol–water partition coefficient (Wildman–Crippen LogP) is 5.47. The lowest BCUT2D eigenvalue weighted by Crippen LogP contribution is -2.71. The summed E-state index contributed by atoms with van der Waals surface area (Å²) in [6.07, 6.45) is 0. The fraction of sp³-hybridized carbons (Fsp3) is 0.162. The van der Waals surface area contributed by atoms with Crippen LogP contribution in [0.3, 0.4) is 0 Å². The van der Waals surface area contributed by atoms with Gasteiger partial charge in [0.15, 0.2) is 16.4 Å². The van der Waals surface area contributed by atoms with Crippen LogP contribution in [0.15, 0.2) is 122 Å². The lowest BCUT2D eigenvalue weighted by atomic mass is 9.77. The zero-order valence-corrected chi connectivity index (χ0v) is 32.2. The van der Waals surface area contributed by atoms with Crippen molar-refractivity contribution in [2.75, 3.05) is 16.8 Å². The number of thiazole rings is 1. The number of aliphatic carboxylic acids is 1. The van der Waals surface area contributed by atoms with E-state index in [2.05, 4.69) is 30.0 Å². The molecule has 0 aliphatic carbocycles. The Morgan fingerprint density at radius 3 is 2.11 bits per heavy atom. The highest BCUT2D eigenvalue weighted by molar-refractivity contribution is 8.02. The van der Waals surface area contributed by atoms with Crippen LogP contribution in [0.1, 0.15) is 32.7 Å². The third kappa shape index (κ3) is 7.80. The molecule has 0 spiro atoms. The Bertz CT molecular complexity index is 2350. The summed E-state index contributed by atoms with van der Waals surface area (Å²) >= 11 is 3.95. The van der Waals surface area contributed by atoms with Gasteiger partial charge in [0.25, 0.3) is 17.4 Å². The van der Waals surface area contributed by atoms with Gasteiger partial charge in [-0.2, -0.15) is 8.78 Å². The summed E-state index contributed by atoms with van der Waals surface area (Å²) in [7, 11) is 0. The largest absolute Gasteiger partial charge is 0.477 e. The molecule has 5 N–H and O–H groups in total. The molecule has 292 valence electrons. The number of aromatic amines is 1. The molecule has 7 rings (SSSR count). The minimum absolute atomic E-state index is 0.0434. The molecule has 0 radical (unpaired) electrons. The molecule has 1 saturated heterocycles. The number of carboxylic acids is 2. The maximum Gasteiger partial charge on any atom is 0.407 e. The molecule has 1 unspecified atom stereocenters. The Morgan fingerprint density at radius 2 is 1.56 bits per heavy atom. The van der Waals surface area contributed by atoms with Gasteiger partial charge < -0.3 is 25.7 Å². The summed E-state index contributed by atoms with van der Waals surface area (Å²) in [5.41, 5.74) is -0.542. The molecule has 4 heterocycles. The summed E-state index contributed by atoms with van der Waals surface area (Å²) in [5, 5.41) is 29.8. The number of alkyl halides is 2. The standard InChI is InChI=1S/C37H28F2N6O8S4/c38-35(39)53-43-25(23-18-56-36(40-23)42-37(20-10-4-1-5-11-20,21-12-6-2-7-13-21)22-14-8-3-9-15-22)29(47)41-26-30(48)45-27(33(51)52)19(16-54-31(26)45)17-55-34-24(32(49)50)28(46)44-57-34/h1-15,18,26,31,35H,16-17H2,(H,40,42)(H,41,47)(H,44,46)(H,49,50)(H,51,52)/t26?,31-/m0/s1. The number of halogens is 2. The first-order valence-electron chi connectivity index (χ1n) is 16.7. The van der Waals surface area contributed by atoms with Gasteiger partial charge in [-0.15, -0.1) is 34.9 Å². The lowest BCUT2D eigenvalue weighted by Gasteiger charge is -2.49. The average molecular weight is 851 g/mol. The third-order valence-corrected chi connectivity index (χ3v) is 13.2. The lowest BCUT2D eigenvalue weighted by molar-refractivity contribution is -0.150. The minimum Gasteiger partial charge on any atom is -0.477 e. The van der Waals surface area contributed by atoms with E-state index in [-0.39, 0.29) is 37.8 Å². The normalized spacial score (nSPS) is 16.9. The molecular formula is C37H28F2N6O8S4. The minimum atomic E-state index is -3.39. The average Bonchev–Trinajstić information content (AvgIpc) is 3.84. The smallest absolute Gasteiger partial charge is 0.407 e. The fourth-order valence-electron chi connectivity index (χ4n) is 6.41. The number of carboxylic acid groups (broad SMARTS) is 2. The second-order valence-corrected chi connectivity index (χ2v) is 16.2. The number of oxime groups is 1. The molecule has 2 aromatic heterocycles. The van der Waals surface area contributed by atoms with Gasteiger partial charge in [0.1, 0.15) is 28.3 Å². The van der Waals surface area contributed by atoms with Gasteiger partial charge in [-0.05, 0) is 22.3 Å². The van der Waals surface area contributed by atoms with E-state index in [0.717, 1.165) is 68.0 Å². The number of carbonyl (C=O) groups is 4. The first-order valence-corrected chi connectivity index (χ1v) is 20.4. The van der Waals surface area contributed by atoms with E-state index in [4.69, 9.17) is 0 Å². The number of aromatic nitrogens is 2. The van der Waals surface area contributed by atoms with E-state index >= 15 is 0 Å². The number of nitrogens with one attached hydrogen (secondary N) is 3. The number of hydrogen-bond donors (Lipinski definition) is 5. The van der Waals surface area contributed by atoms with Gasteiger partial charge in [0, 0.05) is 16.9 Å². The van der Waals surface area contributed by atoms with Crippen LogP contribution < -0.4 is 16.2 Å². The Hall–Kier alpha value is -5.83. The number of benzene rings is 3. The third-order valence-electron chi connectivity index (χ3n) is 8.90. The van der Waals surface area contributed by atoms with Crippen LogP contribution in [-0.4, -0.2) is 83.5 Å². The SMILES string of the molecule is O=C(O)C1=C(CSc2s[nH]c(=O)c2C(=O)O)CS[C@H]2C(NC(=O)C(=NOC(F)F)c3csc(NC(c4ccccc4)(c4ccccc4)c4ccccc4)n3)C(=O)N12. The number of H-pyrrole nitrogens is 1. The molecule has 57 heavy (non-hydrogen) atoms. The predicted molar refractivity (Wildman–Crippen MR) is 211 cm³/mol. The molecular weight excluding hydrogens is 823 g/mol. The zero-order chi connectivity index (χ0) is 40.3. The van der Waals surface area contributed by atoms with E-state index in [1.54, 1.807) is 0 Å². The Morgan fingerprint density at radius 1 is 0.965 bits per heavy atom. The van der Waals surface area contributed by atoms with Crippen molar-refractivity contribution in [3.8, 4) is 0 Å². The van der Waals surface area contributed by atoms with Crippen molar-refractivity contribution in [1.29, 1.82) is 0 Å². The first-order chi connectivity index (χ1) is 27.5. The van der Waals surface area contributed by atoms with Crippen molar-refractivity contribution in [3.05, 3.63) is 146 Å². The maximum atomic E-state index is 13.8. The highest BCUT2D eigenvalue weighted by Gasteiger charge is 2.54. The van der Waals surface area contributed by atoms with Crippen molar-refractivity contribution in [2.45, 2.75) is 27.8 Å². The number of hydrogen-bond acceptors (Lipinski definition) is 13. The van der Waals surface area contributed by atoms with E-state index in [9.17, 15) is 43.0 Å². The Kier molecular flexibility index (Phi) is 11.6. The molecule has 20 heteroatoms. The van der Waals surface area contributed by atoms with Gasteiger partial charge in [0.2, 0.25) is 0 Å². The summed E-state index contributed by atoms with van der Waals surface area (Å²) in [4.78, 5) is 72.9. The molecule has 14 nitrogen and oxygen atoms in total. The van der Waals surface area contributed by atoms with Crippen molar-refractivity contribution >= 4 is 81.0 Å². The second kappa shape index (κ2) is 16.7. The van der Waals surface area contributed by atoms with Gasteiger partial charge in [0.05, 0.1) is 4.21 Å². The van der Waals surface area contributed by atoms with Crippen LogP contribution in [0.25, 0.3) is 0 Å². The number of β-lactam (4-membered cyclic amide) rings is 1. The number of carbonyl (C=O) groups excluding carboxylic acids is 2. The first kappa shape index (κ1) is 39.4. The van der Waals surface area contributed by atoms with Crippen molar-refractivity contribution in [1.82, 2.24) is 19.6 Å². The van der Waals surface area contributed by atoms with E-state index in [1.165, 1.54) is 5.38 Å². The van der Waals surface area contributed by atoms with Crippen LogP contribution in [0.4, 0.5) is 13.9 Å². The highest BCUT2D eigenvalue weighted by Crippen LogP contribution is 2.43. The molecule has 2 aliphatic heterocycles. The summed E-state index contributed by atoms with van der Waals surface area (Å²) < 4.78 is 29.1. The Balaban J connectivity index is 1.14. The fourth-order valence-corrected chi connectivity index (χ4v) is 10.6. The number of thioether (sulfide) groups is 2. The molecule has 2 aliphatic rings. The van der Waals surface area contributed by atoms with Crippen LogP contribution in [0.5, 0.6) is 0 Å². The highest BCUT2D eigenvalue weighted by atomic mass is 32.2. The van der Waals surface area contributed by atoms with Crippen LogP contribution in [0, 0.1) is 0 Å². The van der Waals surface area contributed by atoms with Gasteiger partial charge in [-0.1, -0.05) is 108 Å². The monoisotopic (exact) mass is 850 g/mol. The number of nitrogens with zero attached hydrogens (tertiary/aromatic N) is 3. The molecule has 2 amide bonds. The molecule has 2 atom stereocenters. The maximum absolute atomic E-state index is 13.8. The van der Waals surface area contributed by atoms with Crippen LogP contribution >= 0.6 is 46.4 Å². The number of aromatic carboxylic acids is 1. The van der Waals surface area contributed by atoms with Crippen LogP contribution in [-0.2, 0) is 24.8 Å². The molecule has 0 bridgehead atoms. The number of rotatable bonds is 15. The summed E-state index contributed by atoms with van der Waals surface area (Å²) in [6.45, 7) is -3.39. The molecule has 5 aromatic rings. The molecule has 3 aromatic carbocycles. The van der Waals surface area contributed by atoms with Gasteiger partial charge in [-0.3, -0.25) is 23.7 Å². The van der Waals surface area contributed by atoms with Gasteiger partial charge >= 0.3 is 18.6 Å². The van der Waals surface area contributed by atoms with E-state index in [0.29, 0.717) is 0 Å². The summed E-state index contributed by atoms with van der Waals surface area (Å²) in [5.74, 6) is -4.68.